The van der Waals surface area contributed by atoms with Crippen LogP contribution in [0.25, 0.3) is 0 Å². The standard InChI is InChI=1S/C14H13F3O3/c1-3-8-19-9-10(2)13(18)20-12-6-4-11(5-7-12)14(15,16)17/h3-7H,1-2,8-9H2. The van der Waals surface area contributed by atoms with E-state index in [9.17, 15) is 18.0 Å². The van der Waals surface area contributed by atoms with Crippen molar-refractivity contribution in [3.05, 3.63) is 54.6 Å². The highest BCUT2D eigenvalue weighted by Gasteiger charge is 2.30. The van der Waals surface area contributed by atoms with E-state index in [0.717, 1.165) is 24.3 Å². The summed E-state index contributed by atoms with van der Waals surface area (Å²) in [5.74, 6) is -0.748. The zero-order chi connectivity index (χ0) is 15.2. The van der Waals surface area contributed by atoms with Gasteiger partial charge in [0, 0.05) is 0 Å². The third-order valence-electron chi connectivity index (χ3n) is 2.19. The lowest BCUT2D eigenvalue weighted by molar-refractivity contribution is -0.137. The van der Waals surface area contributed by atoms with Crippen LogP contribution in [0.3, 0.4) is 0 Å². The molecule has 0 saturated heterocycles. The number of hydrogen-bond donors (Lipinski definition) is 0. The Kier molecular flexibility index (Phi) is 5.52. The Morgan fingerprint density at radius 3 is 2.35 bits per heavy atom. The summed E-state index contributed by atoms with van der Waals surface area (Å²) in [7, 11) is 0. The van der Waals surface area contributed by atoms with Gasteiger partial charge in [-0.1, -0.05) is 12.7 Å². The minimum atomic E-state index is -4.43. The molecule has 20 heavy (non-hydrogen) atoms. The molecule has 1 rings (SSSR count). The van der Waals surface area contributed by atoms with Gasteiger partial charge < -0.3 is 9.47 Å². The smallest absolute Gasteiger partial charge is 0.416 e. The molecule has 0 saturated carbocycles. The van der Waals surface area contributed by atoms with Crippen LogP contribution in [0.1, 0.15) is 5.56 Å². The van der Waals surface area contributed by atoms with E-state index in [4.69, 9.17) is 9.47 Å². The molecule has 0 aliphatic heterocycles. The van der Waals surface area contributed by atoms with Gasteiger partial charge in [0.05, 0.1) is 24.4 Å². The minimum absolute atomic E-state index is 0.00729. The number of ether oxygens (including phenoxy) is 2. The molecule has 108 valence electrons. The van der Waals surface area contributed by atoms with Gasteiger partial charge in [0.25, 0.3) is 0 Å². The Labute approximate surface area is 114 Å². The molecule has 0 atom stereocenters. The van der Waals surface area contributed by atoms with Crippen LogP contribution in [0.5, 0.6) is 5.75 Å². The van der Waals surface area contributed by atoms with Gasteiger partial charge in [0.15, 0.2) is 0 Å². The van der Waals surface area contributed by atoms with Gasteiger partial charge in [-0.15, -0.1) is 6.58 Å². The Morgan fingerprint density at radius 1 is 1.25 bits per heavy atom. The van der Waals surface area contributed by atoms with E-state index in [0.29, 0.717) is 0 Å². The molecule has 1 aromatic carbocycles. The number of esters is 1. The van der Waals surface area contributed by atoms with Gasteiger partial charge in [-0.2, -0.15) is 13.2 Å². The van der Waals surface area contributed by atoms with Crippen LogP contribution in [-0.2, 0) is 15.7 Å². The average molecular weight is 286 g/mol. The van der Waals surface area contributed by atoms with Crippen molar-refractivity contribution in [1.29, 1.82) is 0 Å². The molecule has 0 N–H and O–H groups in total. The molecule has 3 nitrogen and oxygen atoms in total. The number of rotatable bonds is 6. The van der Waals surface area contributed by atoms with Crippen LogP contribution in [0.15, 0.2) is 49.1 Å². The molecule has 0 radical (unpaired) electrons. The monoisotopic (exact) mass is 286 g/mol. The molecule has 0 unspecified atom stereocenters. The minimum Gasteiger partial charge on any atom is -0.423 e. The van der Waals surface area contributed by atoms with Gasteiger partial charge in [0.1, 0.15) is 5.75 Å². The zero-order valence-electron chi connectivity index (χ0n) is 10.6. The number of carbonyl (C=O) groups is 1. The van der Waals surface area contributed by atoms with Crippen LogP contribution >= 0.6 is 0 Å². The van der Waals surface area contributed by atoms with Gasteiger partial charge in [-0.25, -0.2) is 4.79 Å². The fraction of sp³-hybridized carbons (Fsp3) is 0.214. The highest BCUT2D eigenvalue weighted by Crippen LogP contribution is 2.30. The van der Waals surface area contributed by atoms with E-state index < -0.39 is 17.7 Å². The molecular formula is C14H13F3O3. The highest BCUT2D eigenvalue weighted by atomic mass is 19.4. The Balaban J connectivity index is 2.58. The van der Waals surface area contributed by atoms with Crippen LogP contribution < -0.4 is 4.74 Å². The first-order chi connectivity index (χ1) is 9.34. The van der Waals surface area contributed by atoms with Crippen molar-refractivity contribution < 1.29 is 27.4 Å². The number of carbonyl (C=O) groups excluding carboxylic acids is 1. The van der Waals surface area contributed by atoms with Crippen molar-refractivity contribution in [3.63, 3.8) is 0 Å². The SMILES string of the molecule is C=CCOCC(=C)C(=O)Oc1ccc(C(F)(F)F)cc1. The summed E-state index contributed by atoms with van der Waals surface area (Å²) < 4.78 is 46.9. The van der Waals surface area contributed by atoms with Gasteiger partial charge in [0.2, 0.25) is 0 Å². The van der Waals surface area contributed by atoms with E-state index in [1.807, 2.05) is 0 Å². The summed E-state index contributed by atoms with van der Waals surface area (Å²) in [5, 5.41) is 0. The van der Waals surface area contributed by atoms with Crippen LogP contribution in [0.4, 0.5) is 13.2 Å². The third kappa shape index (κ3) is 4.89. The Hall–Kier alpha value is -2.08. The second-order valence-corrected chi connectivity index (χ2v) is 3.82. The van der Waals surface area contributed by atoms with Crippen LogP contribution in [0.2, 0.25) is 0 Å². The van der Waals surface area contributed by atoms with Gasteiger partial charge >= 0.3 is 12.1 Å². The first-order valence-corrected chi connectivity index (χ1v) is 5.60. The van der Waals surface area contributed by atoms with Crippen molar-refractivity contribution in [3.8, 4) is 5.75 Å². The Bertz CT molecular complexity index is 489. The number of halogens is 3. The average Bonchev–Trinajstić information content (AvgIpc) is 2.38. The largest absolute Gasteiger partial charge is 0.423 e. The molecule has 0 heterocycles. The Morgan fingerprint density at radius 2 is 1.85 bits per heavy atom. The lowest BCUT2D eigenvalue weighted by atomic mass is 10.2. The summed E-state index contributed by atoms with van der Waals surface area (Å²) in [5.41, 5.74) is -0.753. The molecular weight excluding hydrogens is 273 g/mol. The topological polar surface area (TPSA) is 35.5 Å². The molecule has 0 fully saturated rings. The normalized spacial score (nSPS) is 10.9. The van der Waals surface area contributed by atoms with Crippen molar-refractivity contribution >= 4 is 5.97 Å². The zero-order valence-corrected chi connectivity index (χ0v) is 10.6. The summed E-state index contributed by atoms with van der Waals surface area (Å²) in [6.45, 7) is 7.12. The van der Waals surface area contributed by atoms with Gasteiger partial charge in [-0.3, -0.25) is 0 Å². The van der Waals surface area contributed by atoms with Crippen molar-refractivity contribution in [2.45, 2.75) is 6.18 Å². The first-order valence-electron chi connectivity index (χ1n) is 5.60. The maximum atomic E-state index is 12.3. The summed E-state index contributed by atoms with van der Waals surface area (Å²) in [6.07, 6.45) is -2.92. The van der Waals surface area contributed by atoms with Crippen molar-refractivity contribution in [2.75, 3.05) is 13.2 Å². The van der Waals surface area contributed by atoms with Crippen molar-refractivity contribution in [1.82, 2.24) is 0 Å². The molecule has 0 aliphatic rings. The molecule has 1 aromatic rings. The van der Waals surface area contributed by atoms with E-state index in [2.05, 4.69) is 13.2 Å². The maximum Gasteiger partial charge on any atom is 0.416 e. The van der Waals surface area contributed by atoms with E-state index in [1.165, 1.54) is 6.08 Å². The predicted molar refractivity (Wildman–Crippen MR) is 67.2 cm³/mol. The molecule has 6 heteroatoms. The lowest BCUT2D eigenvalue weighted by Crippen LogP contribution is -2.15. The highest BCUT2D eigenvalue weighted by molar-refractivity contribution is 5.89. The molecule has 0 bridgehead atoms. The lowest BCUT2D eigenvalue weighted by Gasteiger charge is -2.09. The molecule has 0 aromatic heterocycles. The number of alkyl halides is 3. The predicted octanol–water partition coefficient (Wildman–Crippen LogP) is 3.37. The second-order valence-electron chi connectivity index (χ2n) is 3.82. The molecule has 0 amide bonds. The number of benzene rings is 1. The second kappa shape index (κ2) is 6.91. The van der Waals surface area contributed by atoms with E-state index >= 15 is 0 Å². The fourth-order valence-electron chi connectivity index (χ4n) is 1.22. The molecule has 0 aliphatic carbocycles. The van der Waals surface area contributed by atoms with Crippen LogP contribution in [-0.4, -0.2) is 19.2 Å². The fourth-order valence-corrected chi connectivity index (χ4v) is 1.22. The van der Waals surface area contributed by atoms with Crippen molar-refractivity contribution in [2.24, 2.45) is 0 Å². The van der Waals surface area contributed by atoms with Gasteiger partial charge in [-0.05, 0) is 24.3 Å². The molecule has 0 spiro atoms. The van der Waals surface area contributed by atoms with Crippen LogP contribution in [0, 0.1) is 0 Å². The summed E-state index contributed by atoms with van der Waals surface area (Å²) in [4.78, 5) is 11.5. The summed E-state index contributed by atoms with van der Waals surface area (Å²) in [6, 6.07) is 3.80. The van der Waals surface area contributed by atoms with E-state index in [-0.39, 0.29) is 24.5 Å². The first kappa shape index (κ1) is 16.0. The summed E-state index contributed by atoms with van der Waals surface area (Å²) >= 11 is 0. The maximum absolute atomic E-state index is 12.3. The third-order valence-corrected chi connectivity index (χ3v) is 2.19. The van der Waals surface area contributed by atoms with E-state index in [1.54, 1.807) is 0 Å². The quantitative estimate of drug-likeness (QED) is 0.264. The number of hydrogen-bond acceptors (Lipinski definition) is 3.